The Morgan fingerprint density at radius 1 is 1.77 bits per heavy atom. The highest BCUT2D eigenvalue weighted by atomic mass is 32.2. The van der Waals surface area contributed by atoms with E-state index in [1.165, 1.54) is 4.88 Å². The molecule has 0 aliphatic carbocycles. The van der Waals surface area contributed by atoms with Crippen LogP contribution in [0.4, 0.5) is 5.13 Å². The Morgan fingerprint density at radius 2 is 2.46 bits per heavy atom. The van der Waals surface area contributed by atoms with E-state index in [0.29, 0.717) is 5.75 Å². The average molecular weight is 218 g/mol. The van der Waals surface area contributed by atoms with Crippen molar-refractivity contribution in [1.29, 1.82) is 0 Å². The van der Waals surface area contributed by atoms with Crippen LogP contribution in [-0.4, -0.2) is 27.2 Å². The average Bonchev–Trinajstić information content (AvgIpc) is 2.33. The minimum atomic E-state index is -0.748. The van der Waals surface area contributed by atoms with Gasteiger partial charge in [0.1, 0.15) is 0 Å². The molecule has 0 radical (unpaired) electrons. The largest absolute Gasteiger partial charge is 0.358 e. The summed E-state index contributed by atoms with van der Waals surface area (Å²) in [6.07, 6.45) is 3.55. The summed E-state index contributed by atoms with van der Waals surface area (Å²) < 4.78 is 10.9. The van der Waals surface area contributed by atoms with Crippen molar-refractivity contribution in [1.82, 2.24) is 4.98 Å². The lowest BCUT2D eigenvalue weighted by atomic mass is 10.4. The molecular weight excluding hydrogens is 204 g/mol. The summed E-state index contributed by atoms with van der Waals surface area (Å²) in [5.74, 6) is 0.665. The zero-order valence-corrected chi connectivity index (χ0v) is 9.67. The van der Waals surface area contributed by atoms with Gasteiger partial charge in [0.15, 0.2) is 5.13 Å². The first-order valence-corrected chi connectivity index (χ1v) is 6.61. The lowest BCUT2D eigenvalue weighted by molar-refractivity contribution is 0.683. The van der Waals surface area contributed by atoms with Gasteiger partial charge in [-0.05, 0) is 13.8 Å². The fourth-order valence-corrected chi connectivity index (χ4v) is 2.59. The lowest BCUT2D eigenvalue weighted by Crippen LogP contribution is -2.21. The Hall–Kier alpha value is -0.420. The van der Waals surface area contributed by atoms with Gasteiger partial charge in [-0.3, -0.25) is 4.21 Å². The number of nitrogens with one attached hydrogen (secondary N) is 1. The van der Waals surface area contributed by atoms with Crippen LogP contribution in [0.3, 0.4) is 0 Å². The summed E-state index contributed by atoms with van der Waals surface area (Å²) in [7, 11) is -0.748. The number of thiazole rings is 1. The van der Waals surface area contributed by atoms with Crippen LogP contribution >= 0.6 is 11.3 Å². The number of hydrogen-bond donors (Lipinski definition) is 1. The summed E-state index contributed by atoms with van der Waals surface area (Å²) >= 11 is 1.62. The number of nitrogens with zero attached hydrogens (tertiary/aromatic N) is 1. The summed E-state index contributed by atoms with van der Waals surface area (Å²) in [6, 6.07) is 0.219. The smallest absolute Gasteiger partial charge is 0.183 e. The zero-order chi connectivity index (χ0) is 9.84. The van der Waals surface area contributed by atoms with Gasteiger partial charge in [0.2, 0.25) is 0 Å². The molecule has 0 amide bonds. The predicted molar refractivity (Wildman–Crippen MR) is 58.9 cm³/mol. The van der Waals surface area contributed by atoms with Crippen LogP contribution < -0.4 is 5.32 Å². The monoisotopic (exact) mass is 218 g/mol. The van der Waals surface area contributed by atoms with Gasteiger partial charge in [0.25, 0.3) is 0 Å². The summed E-state index contributed by atoms with van der Waals surface area (Å²) in [4.78, 5) is 5.36. The molecule has 13 heavy (non-hydrogen) atoms. The molecule has 1 aromatic heterocycles. The third kappa shape index (κ3) is 3.87. The number of hydrogen-bond acceptors (Lipinski definition) is 4. The van der Waals surface area contributed by atoms with Crippen LogP contribution in [0.5, 0.6) is 0 Å². The van der Waals surface area contributed by atoms with Crippen molar-refractivity contribution >= 4 is 27.3 Å². The molecule has 1 heterocycles. The molecule has 0 fully saturated rings. The van der Waals surface area contributed by atoms with Crippen LogP contribution in [0.2, 0.25) is 0 Å². The minimum absolute atomic E-state index is 0.219. The molecule has 0 aliphatic rings. The van der Waals surface area contributed by atoms with E-state index in [9.17, 15) is 4.21 Å². The number of rotatable bonds is 4. The number of anilines is 1. The van der Waals surface area contributed by atoms with E-state index in [2.05, 4.69) is 10.3 Å². The molecule has 0 spiro atoms. The molecule has 0 aromatic carbocycles. The van der Waals surface area contributed by atoms with E-state index in [1.54, 1.807) is 17.6 Å². The van der Waals surface area contributed by atoms with E-state index < -0.39 is 10.8 Å². The van der Waals surface area contributed by atoms with Gasteiger partial charge in [-0.25, -0.2) is 4.98 Å². The molecule has 0 saturated heterocycles. The molecule has 1 N–H and O–H groups in total. The van der Waals surface area contributed by atoms with E-state index in [4.69, 9.17) is 0 Å². The van der Waals surface area contributed by atoms with Crippen molar-refractivity contribution < 1.29 is 4.21 Å². The molecule has 0 saturated carbocycles. The maximum absolute atomic E-state index is 10.9. The zero-order valence-electron chi connectivity index (χ0n) is 8.03. The van der Waals surface area contributed by atoms with Gasteiger partial charge in [0, 0.05) is 39.9 Å². The first-order valence-electron chi connectivity index (χ1n) is 4.07. The highest BCUT2D eigenvalue weighted by molar-refractivity contribution is 7.84. The highest BCUT2D eigenvalue weighted by Gasteiger charge is 2.05. The van der Waals surface area contributed by atoms with Crippen molar-refractivity contribution in [3.05, 3.63) is 11.1 Å². The van der Waals surface area contributed by atoms with Gasteiger partial charge in [-0.15, -0.1) is 11.3 Å². The maximum atomic E-state index is 10.9. The van der Waals surface area contributed by atoms with Crippen LogP contribution in [0.15, 0.2) is 6.20 Å². The topological polar surface area (TPSA) is 42.0 Å². The third-order valence-corrected chi connectivity index (χ3v) is 3.29. The van der Waals surface area contributed by atoms with Crippen LogP contribution in [0.25, 0.3) is 0 Å². The molecule has 2 atom stereocenters. The first kappa shape index (κ1) is 10.7. The highest BCUT2D eigenvalue weighted by Crippen LogP contribution is 2.17. The predicted octanol–water partition coefficient (Wildman–Crippen LogP) is 1.63. The summed E-state index contributed by atoms with van der Waals surface area (Å²) in [6.45, 7) is 4.03. The second-order valence-corrected chi connectivity index (χ2v) is 5.78. The van der Waals surface area contributed by atoms with E-state index in [-0.39, 0.29) is 6.04 Å². The molecule has 3 nitrogen and oxygen atoms in total. The van der Waals surface area contributed by atoms with Crippen molar-refractivity contribution in [2.75, 3.05) is 17.3 Å². The van der Waals surface area contributed by atoms with Crippen molar-refractivity contribution in [3.8, 4) is 0 Å². The Bertz CT molecular complexity index is 298. The van der Waals surface area contributed by atoms with Crippen LogP contribution in [0, 0.1) is 6.92 Å². The SMILES string of the molecule is Cc1cnc(NC(C)CS(C)=O)s1. The second kappa shape index (κ2) is 4.72. The fraction of sp³-hybridized carbons (Fsp3) is 0.625. The molecule has 0 aliphatic heterocycles. The lowest BCUT2D eigenvalue weighted by Gasteiger charge is -2.10. The Balaban J connectivity index is 2.44. The Labute approximate surface area is 85.0 Å². The summed E-state index contributed by atoms with van der Waals surface area (Å²) in [5, 5.41) is 4.12. The summed E-state index contributed by atoms with van der Waals surface area (Å²) in [5.41, 5.74) is 0. The molecular formula is C8H14N2OS2. The normalized spacial score (nSPS) is 15.3. The maximum Gasteiger partial charge on any atom is 0.183 e. The fourth-order valence-electron chi connectivity index (χ4n) is 1.03. The molecule has 0 bridgehead atoms. The van der Waals surface area contributed by atoms with Gasteiger partial charge in [0.05, 0.1) is 0 Å². The van der Waals surface area contributed by atoms with Crippen molar-refractivity contribution in [2.24, 2.45) is 0 Å². The minimum Gasteiger partial charge on any atom is -0.358 e. The van der Waals surface area contributed by atoms with E-state index in [1.807, 2.05) is 20.0 Å². The molecule has 2 unspecified atom stereocenters. The molecule has 1 aromatic rings. The van der Waals surface area contributed by atoms with Gasteiger partial charge < -0.3 is 5.32 Å². The van der Waals surface area contributed by atoms with E-state index >= 15 is 0 Å². The quantitative estimate of drug-likeness (QED) is 0.835. The number of aryl methyl sites for hydroxylation is 1. The Kier molecular flexibility index (Phi) is 3.87. The standard InChI is InChI=1S/C8H14N2OS2/c1-6(5-13(3)11)10-8-9-4-7(2)12-8/h4,6H,5H2,1-3H3,(H,9,10). The Morgan fingerprint density at radius 3 is 2.92 bits per heavy atom. The van der Waals surface area contributed by atoms with Crippen molar-refractivity contribution in [3.63, 3.8) is 0 Å². The van der Waals surface area contributed by atoms with Gasteiger partial charge in [-0.1, -0.05) is 0 Å². The number of aromatic nitrogens is 1. The molecule has 1 rings (SSSR count). The van der Waals surface area contributed by atoms with E-state index in [0.717, 1.165) is 5.13 Å². The van der Waals surface area contributed by atoms with Gasteiger partial charge in [-0.2, -0.15) is 0 Å². The molecule has 74 valence electrons. The van der Waals surface area contributed by atoms with Gasteiger partial charge >= 0.3 is 0 Å². The molecule has 5 heteroatoms. The third-order valence-electron chi connectivity index (χ3n) is 1.48. The van der Waals surface area contributed by atoms with Crippen molar-refractivity contribution in [2.45, 2.75) is 19.9 Å². The second-order valence-electron chi connectivity index (χ2n) is 3.06. The first-order chi connectivity index (χ1) is 6.08. The van der Waals surface area contributed by atoms with Crippen LogP contribution in [-0.2, 0) is 10.8 Å². The van der Waals surface area contributed by atoms with Crippen LogP contribution in [0.1, 0.15) is 11.8 Å².